The van der Waals surface area contributed by atoms with Crippen molar-refractivity contribution in [1.82, 2.24) is 4.90 Å². The number of anilines is 1. The van der Waals surface area contributed by atoms with Crippen molar-refractivity contribution in [3.05, 3.63) is 64.4 Å². The maximum atomic E-state index is 13.3. The molecule has 2 N–H and O–H groups in total. The number of carbonyl (C=O) groups excluding carboxylic acids is 1. The molecule has 0 fully saturated rings. The monoisotopic (exact) mass is 306 g/mol. The van der Waals surface area contributed by atoms with Gasteiger partial charge in [-0.3, -0.25) is 4.79 Å². The van der Waals surface area contributed by atoms with Gasteiger partial charge in [-0.1, -0.05) is 23.7 Å². The first kappa shape index (κ1) is 15.3. The normalized spacial score (nSPS) is 12.0. The fourth-order valence-electron chi connectivity index (χ4n) is 2.07. The Kier molecular flexibility index (Phi) is 4.48. The molecule has 0 spiro atoms. The molecule has 1 amide bonds. The number of amides is 1. The summed E-state index contributed by atoms with van der Waals surface area (Å²) in [4.78, 5) is 14.0. The van der Waals surface area contributed by atoms with Gasteiger partial charge in [-0.25, -0.2) is 4.39 Å². The van der Waals surface area contributed by atoms with Gasteiger partial charge >= 0.3 is 0 Å². The molecule has 0 aliphatic heterocycles. The van der Waals surface area contributed by atoms with Crippen LogP contribution in [0.25, 0.3) is 0 Å². The lowest BCUT2D eigenvalue weighted by Crippen LogP contribution is -2.30. The maximum absolute atomic E-state index is 13.3. The Morgan fingerprint density at radius 2 is 2.00 bits per heavy atom. The van der Waals surface area contributed by atoms with Crippen molar-refractivity contribution in [1.29, 1.82) is 0 Å². The maximum Gasteiger partial charge on any atom is 0.256 e. The van der Waals surface area contributed by atoms with E-state index in [1.807, 2.05) is 19.1 Å². The smallest absolute Gasteiger partial charge is 0.256 e. The van der Waals surface area contributed by atoms with Crippen LogP contribution in [0.3, 0.4) is 0 Å². The van der Waals surface area contributed by atoms with Crippen molar-refractivity contribution >= 4 is 23.2 Å². The lowest BCUT2D eigenvalue weighted by molar-refractivity contribution is 0.0743. The number of hydrogen-bond donors (Lipinski definition) is 1. The Morgan fingerprint density at radius 3 is 2.67 bits per heavy atom. The molecular weight excluding hydrogens is 291 g/mol. The SMILES string of the molecule is CC(c1cccc(Cl)c1)N(C)C(=O)c1cc(F)ccc1N. The summed E-state index contributed by atoms with van der Waals surface area (Å²) < 4.78 is 13.3. The second-order valence-corrected chi connectivity index (χ2v) is 5.32. The first-order valence-electron chi connectivity index (χ1n) is 6.48. The molecule has 0 saturated carbocycles. The van der Waals surface area contributed by atoms with Gasteiger partial charge in [0.2, 0.25) is 0 Å². The van der Waals surface area contributed by atoms with Crippen molar-refractivity contribution in [2.45, 2.75) is 13.0 Å². The summed E-state index contributed by atoms with van der Waals surface area (Å²) in [6.07, 6.45) is 0. The summed E-state index contributed by atoms with van der Waals surface area (Å²) in [6, 6.07) is 10.8. The Hall–Kier alpha value is -2.07. The molecule has 21 heavy (non-hydrogen) atoms. The zero-order valence-corrected chi connectivity index (χ0v) is 12.6. The van der Waals surface area contributed by atoms with Crippen molar-refractivity contribution in [2.24, 2.45) is 0 Å². The van der Waals surface area contributed by atoms with Crippen LogP contribution in [0.15, 0.2) is 42.5 Å². The van der Waals surface area contributed by atoms with Gasteiger partial charge in [0.1, 0.15) is 5.82 Å². The molecule has 2 rings (SSSR count). The number of carbonyl (C=O) groups is 1. The summed E-state index contributed by atoms with van der Waals surface area (Å²) in [7, 11) is 1.65. The largest absolute Gasteiger partial charge is 0.398 e. The third-order valence-electron chi connectivity index (χ3n) is 3.48. The van der Waals surface area contributed by atoms with E-state index >= 15 is 0 Å². The van der Waals surface area contributed by atoms with Gasteiger partial charge < -0.3 is 10.6 Å². The van der Waals surface area contributed by atoms with Crippen LogP contribution in [-0.2, 0) is 0 Å². The second-order valence-electron chi connectivity index (χ2n) is 4.88. The molecule has 5 heteroatoms. The highest BCUT2D eigenvalue weighted by molar-refractivity contribution is 6.30. The molecule has 0 bridgehead atoms. The minimum atomic E-state index is -0.489. The van der Waals surface area contributed by atoms with E-state index in [1.54, 1.807) is 19.2 Å². The van der Waals surface area contributed by atoms with Crippen LogP contribution in [0.4, 0.5) is 10.1 Å². The Bertz CT molecular complexity index is 675. The lowest BCUT2D eigenvalue weighted by atomic mass is 10.1. The highest BCUT2D eigenvalue weighted by Crippen LogP contribution is 2.25. The number of rotatable bonds is 3. The molecule has 0 saturated heterocycles. The van der Waals surface area contributed by atoms with E-state index in [0.717, 1.165) is 11.6 Å². The summed E-state index contributed by atoms with van der Waals surface area (Å²) >= 11 is 5.96. The number of nitrogen functional groups attached to an aromatic ring is 1. The molecule has 1 atom stereocenters. The summed E-state index contributed by atoms with van der Waals surface area (Å²) in [6.45, 7) is 1.87. The fourth-order valence-corrected chi connectivity index (χ4v) is 2.27. The summed E-state index contributed by atoms with van der Waals surface area (Å²) in [5.41, 5.74) is 7.07. The van der Waals surface area contributed by atoms with Crippen molar-refractivity contribution in [3.8, 4) is 0 Å². The van der Waals surface area contributed by atoms with Crippen LogP contribution in [0.2, 0.25) is 5.02 Å². The van der Waals surface area contributed by atoms with Crippen molar-refractivity contribution in [3.63, 3.8) is 0 Å². The lowest BCUT2D eigenvalue weighted by Gasteiger charge is -2.26. The zero-order chi connectivity index (χ0) is 15.6. The van der Waals surface area contributed by atoms with Crippen LogP contribution in [-0.4, -0.2) is 17.9 Å². The molecule has 0 radical (unpaired) electrons. The predicted molar refractivity (Wildman–Crippen MR) is 82.8 cm³/mol. The van der Waals surface area contributed by atoms with Crippen LogP contribution in [0.1, 0.15) is 28.9 Å². The number of nitrogens with zero attached hydrogens (tertiary/aromatic N) is 1. The van der Waals surface area contributed by atoms with Gasteiger partial charge in [0.15, 0.2) is 0 Å². The first-order valence-corrected chi connectivity index (χ1v) is 6.85. The summed E-state index contributed by atoms with van der Waals surface area (Å²) in [5, 5.41) is 0.602. The highest BCUT2D eigenvalue weighted by atomic mass is 35.5. The number of nitrogens with two attached hydrogens (primary N) is 1. The minimum absolute atomic E-state index is 0.159. The standard InChI is InChI=1S/C16H16ClFN2O/c1-10(11-4-3-5-12(17)8-11)20(2)16(21)14-9-13(18)6-7-15(14)19/h3-10H,19H2,1-2H3. The second kappa shape index (κ2) is 6.14. The third kappa shape index (κ3) is 3.34. The molecule has 0 heterocycles. The quantitative estimate of drug-likeness (QED) is 0.874. The minimum Gasteiger partial charge on any atom is -0.398 e. The summed E-state index contributed by atoms with van der Waals surface area (Å²) in [5.74, 6) is -0.823. The third-order valence-corrected chi connectivity index (χ3v) is 3.71. The molecule has 0 aliphatic carbocycles. The zero-order valence-electron chi connectivity index (χ0n) is 11.8. The molecule has 2 aromatic carbocycles. The Labute approximate surface area is 128 Å². The molecular formula is C16H16ClFN2O. The molecule has 3 nitrogen and oxygen atoms in total. The van der Waals surface area contributed by atoms with Crippen LogP contribution in [0.5, 0.6) is 0 Å². The van der Waals surface area contributed by atoms with E-state index < -0.39 is 5.82 Å². The van der Waals surface area contributed by atoms with Gasteiger partial charge in [-0.05, 0) is 42.8 Å². The molecule has 1 unspecified atom stereocenters. The topological polar surface area (TPSA) is 46.3 Å². The van der Waals surface area contributed by atoms with Gasteiger partial charge in [0, 0.05) is 17.8 Å². The van der Waals surface area contributed by atoms with E-state index in [0.29, 0.717) is 5.02 Å². The van der Waals surface area contributed by atoms with Crippen molar-refractivity contribution < 1.29 is 9.18 Å². The van der Waals surface area contributed by atoms with Gasteiger partial charge in [0.05, 0.1) is 11.6 Å². The fraction of sp³-hybridized carbons (Fsp3) is 0.188. The first-order chi connectivity index (χ1) is 9.90. The van der Waals surface area contributed by atoms with Crippen LogP contribution >= 0.6 is 11.6 Å². The molecule has 2 aromatic rings. The van der Waals surface area contributed by atoms with E-state index in [4.69, 9.17) is 17.3 Å². The van der Waals surface area contributed by atoms with Gasteiger partial charge in [-0.2, -0.15) is 0 Å². The average Bonchev–Trinajstić information content (AvgIpc) is 2.47. The Balaban J connectivity index is 2.28. The Morgan fingerprint density at radius 1 is 1.29 bits per heavy atom. The predicted octanol–water partition coefficient (Wildman–Crippen LogP) is 3.89. The molecule has 0 aliphatic rings. The van der Waals surface area contributed by atoms with E-state index in [1.165, 1.54) is 17.0 Å². The van der Waals surface area contributed by atoms with E-state index in [9.17, 15) is 9.18 Å². The number of benzene rings is 2. The van der Waals surface area contributed by atoms with Gasteiger partial charge in [-0.15, -0.1) is 0 Å². The van der Waals surface area contributed by atoms with E-state index in [-0.39, 0.29) is 23.2 Å². The molecule has 0 aromatic heterocycles. The van der Waals surface area contributed by atoms with Crippen LogP contribution < -0.4 is 5.73 Å². The van der Waals surface area contributed by atoms with Crippen molar-refractivity contribution in [2.75, 3.05) is 12.8 Å². The van der Waals surface area contributed by atoms with Gasteiger partial charge in [0.25, 0.3) is 5.91 Å². The number of halogens is 2. The average molecular weight is 307 g/mol. The van der Waals surface area contributed by atoms with Crippen LogP contribution in [0, 0.1) is 5.82 Å². The van der Waals surface area contributed by atoms with E-state index in [2.05, 4.69) is 0 Å². The molecule has 110 valence electrons. The number of hydrogen-bond acceptors (Lipinski definition) is 2. The highest BCUT2D eigenvalue weighted by Gasteiger charge is 2.21.